The van der Waals surface area contributed by atoms with E-state index < -0.39 is 20.2 Å². The molecule has 0 aliphatic rings. The lowest BCUT2D eigenvalue weighted by Crippen LogP contribution is -1.93. The third-order valence-electron chi connectivity index (χ3n) is 7.99. The number of hydrogen-bond donors (Lipinski definition) is 4. The van der Waals surface area contributed by atoms with E-state index in [4.69, 9.17) is 24.6 Å². The third kappa shape index (κ3) is 60.2. The minimum atomic E-state index is -2.87. The largest absolute Gasteiger partial charge is 0.692 e. The fourth-order valence-corrected chi connectivity index (χ4v) is 5.30. The molecule has 8 heteroatoms. The number of rotatable bonds is 32. The van der Waals surface area contributed by atoms with Gasteiger partial charge >= 0.3 is 20.2 Å². The zero-order valence-electron chi connectivity index (χ0n) is 29.1. The average Bonchev–Trinajstić information content (AvgIpc) is 2.97. The summed E-state index contributed by atoms with van der Waals surface area (Å²) in [4.78, 5) is 34.9. The maximum Gasteiger partial charge on any atom is 0.692 e. The van der Waals surface area contributed by atoms with Crippen LogP contribution in [0.3, 0.4) is 0 Å². The Hall–Kier alpha value is -1.04. The second kappa shape index (κ2) is 44.1. The van der Waals surface area contributed by atoms with Crippen LogP contribution in [0.4, 0.5) is 0 Å². The van der Waals surface area contributed by atoms with Gasteiger partial charge in [-0.15, -0.1) is 9.79 Å². The van der Waals surface area contributed by atoms with Gasteiger partial charge in [-0.2, -0.15) is 0 Å². The minimum absolute atomic E-state index is 0.345. The van der Waals surface area contributed by atoms with Crippen LogP contribution in [0.5, 0.6) is 0 Å². The number of carbonyl (C=O) groups is 2. The molecule has 0 rings (SSSR count). The van der Waals surface area contributed by atoms with Crippen molar-refractivity contribution >= 4 is 20.2 Å². The van der Waals surface area contributed by atoms with Gasteiger partial charge in [-0.25, -0.2) is 0 Å². The smallest absolute Gasteiger partial charge is 0.481 e. The SMILES string of the molecule is CCCCCCCCCCCCCCCCCC(=O)O.CCCCCCCCCCCCCCCCCC(=O)O.O=[P+](O)O. The Morgan fingerprint density at radius 3 is 0.636 bits per heavy atom. The fraction of sp³-hybridized carbons (Fsp3) is 0.944. The average molecular weight is 650 g/mol. The monoisotopic (exact) mass is 650 g/mol. The van der Waals surface area contributed by atoms with Gasteiger partial charge in [0.1, 0.15) is 0 Å². The maximum absolute atomic E-state index is 10.3. The van der Waals surface area contributed by atoms with E-state index in [1.54, 1.807) is 0 Å². The molecule has 7 nitrogen and oxygen atoms in total. The molecule has 0 aliphatic carbocycles. The van der Waals surface area contributed by atoms with Crippen molar-refractivity contribution in [2.24, 2.45) is 0 Å². The molecule has 0 spiro atoms. The second-order valence-corrected chi connectivity index (χ2v) is 12.9. The van der Waals surface area contributed by atoms with Gasteiger partial charge in [0.25, 0.3) is 0 Å². The van der Waals surface area contributed by atoms with Gasteiger partial charge in [0.15, 0.2) is 0 Å². The molecule has 264 valence electrons. The van der Waals surface area contributed by atoms with Crippen molar-refractivity contribution in [2.75, 3.05) is 0 Å². The Labute approximate surface area is 273 Å². The molecular weight excluding hydrogens is 575 g/mol. The van der Waals surface area contributed by atoms with Crippen LogP contribution in [-0.4, -0.2) is 31.9 Å². The van der Waals surface area contributed by atoms with Crippen molar-refractivity contribution in [3.8, 4) is 0 Å². The standard InChI is InChI=1S/2C18H36O2.HO3P/c2*1-2-3-4-5-6-7-8-9-10-11-12-13-14-15-16-17-18(19)20;1-4(2)3/h2*2-17H2,1H3,(H,19,20);(H-,1,2,3)/p+1. The van der Waals surface area contributed by atoms with Crippen LogP contribution in [0.1, 0.15) is 219 Å². The lowest BCUT2D eigenvalue weighted by Gasteiger charge is -2.03. The van der Waals surface area contributed by atoms with Crippen LogP contribution in [0.15, 0.2) is 0 Å². The topological polar surface area (TPSA) is 132 Å². The molecule has 0 fully saturated rings. The van der Waals surface area contributed by atoms with Gasteiger partial charge in [0.2, 0.25) is 0 Å². The van der Waals surface area contributed by atoms with Crippen LogP contribution in [0, 0.1) is 0 Å². The van der Waals surface area contributed by atoms with Crippen molar-refractivity contribution in [1.29, 1.82) is 0 Å². The zero-order valence-corrected chi connectivity index (χ0v) is 30.0. The fourth-order valence-electron chi connectivity index (χ4n) is 5.30. The van der Waals surface area contributed by atoms with Gasteiger partial charge < -0.3 is 10.2 Å². The van der Waals surface area contributed by atoms with Crippen molar-refractivity contribution in [1.82, 2.24) is 0 Å². The summed E-state index contributed by atoms with van der Waals surface area (Å²) < 4.78 is 8.70. The molecule has 0 heterocycles. The first kappa shape index (κ1) is 47.4. The zero-order chi connectivity index (χ0) is 33.4. The lowest BCUT2D eigenvalue weighted by atomic mass is 10.0. The first-order chi connectivity index (χ1) is 21.3. The highest BCUT2D eigenvalue weighted by atomic mass is 31.1. The van der Waals surface area contributed by atoms with E-state index in [-0.39, 0.29) is 0 Å². The summed E-state index contributed by atoms with van der Waals surface area (Å²) in [6.07, 6.45) is 40.4. The number of hydrogen-bond acceptors (Lipinski definition) is 3. The summed E-state index contributed by atoms with van der Waals surface area (Å²) >= 11 is 0. The van der Waals surface area contributed by atoms with Crippen LogP contribution in [0.25, 0.3) is 0 Å². The summed E-state index contributed by atoms with van der Waals surface area (Å²) in [7, 11) is -2.87. The van der Waals surface area contributed by atoms with Crippen LogP contribution >= 0.6 is 8.25 Å². The van der Waals surface area contributed by atoms with E-state index >= 15 is 0 Å². The predicted octanol–water partition coefficient (Wildman–Crippen LogP) is 12.3. The normalized spacial score (nSPS) is 10.5. The molecule has 4 N–H and O–H groups in total. The molecule has 0 amide bonds. The number of aliphatic carboxylic acids is 2. The van der Waals surface area contributed by atoms with Crippen molar-refractivity contribution in [2.45, 2.75) is 219 Å². The minimum Gasteiger partial charge on any atom is -0.481 e. The highest BCUT2D eigenvalue weighted by Gasteiger charge is 1.98. The number of carboxylic acids is 2. The molecule has 0 aromatic carbocycles. The molecule has 0 atom stereocenters. The molecule has 0 aromatic heterocycles. The molecule has 44 heavy (non-hydrogen) atoms. The van der Waals surface area contributed by atoms with Crippen LogP contribution in [-0.2, 0) is 14.2 Å². The Balaban J connectivity index is -0.000000680. The van der Waals surface area contributed by atoms with Gasteiger partial charge in [-0.3, -0.25) is 9.59 Å². The van der Waals surface area contributed by atoms with Crippen molar-refractivity contribution < 1.29 is 34.2 Å². The maximum atomic E-state index is 10.3. The summed E-state index contributed by atoms with van der Waals surface area (Å²) in [5, 5.41) is 17.0. The Kier molecular flexibility index (Phi) is 47.5. The number of carboxylic acid groups (broad SMARTS) is 2. The van der Waals surface area contributed by atoms with E-state index in [0.717, 1.165) is 25.7 Å². The predicted molar refractivity (Wildman–Crippen MR) is 186 cm³/mol. The summed E-state index contributed by atoms with van der Waals surface area (Å²) in [6, 6.07) is 0. The summed E-state index contributed by atoms with van der Waals surface area (Å²) in [5.74, 6) is -1.31. The van der Waals surface area contributed by atoms with E-state index in [0.29, 0.717) is 12.8 Å². The molecule has 0 saturated heterocycles. The van der Waals surface area contributed by atoms with E-state index in [1.807, 2.05) is 0 Å². The van der Waals surface area contributed by atoms with Gasteiger partial charge in [0.05, 0.1) is 0 Å². The van der Waals surface area contributed by atoms with Gasteiger partial charge in [-0.05, 0) is 12.8 Å². The molecule has 0 aliphatic heterocycles. The molecule has 0 radical (unpaired) electrons. The third-order valence-corrected chi connectivity index (χ3v) is 7.99. The Bertz CT molecular complexity index is 539. The Morgan fingerprint density at radius 1 is 0.364 bits per heavy atom. The summed E-state index contributed by atoms with van der Waals surface area (Å²) in [5.41, 5.74) is 0. The lowest BCUT2D eigenvalue weighted by molar-refractivity contribution is -0.138. The Morgan fingerprint density at radius 2 is 0.500 bits per heavy atom. The molecule has 0 unspecified atom stereocenters. The first-order valence-corrected chi connectivity index (χ1v) is 19.7. The molecule has 0 bridgehead atoms. The van der Waals surface area contributed by atoms with Crippen LogP contribution in [0.2, 0.25) is 0 Å². The second-order valence-electron chi connectivity index (χ2n) is 12.4. The highest BCUT2D eigenvalue weighted by molar-refractivity contribution is 7.30. The van der Waals surface area contributed by atoms with E-state index in [9.17, 15) is 9.59 Å². The van der Waals surface area contributed by atoms with Crippen molar-refractivity contribution in [3.63, 3.8) is 0 Å². The van der Waals surface area contributed by atoms with Gasteiger partial charge in [0, 0.05) is 17.4 Å². The summed E-state index contributed by atoms with van der Waals surface area (Å²) in [6.45, 7) is 4.54. The molecule has 0 saturated carbocycles. The highest BCUT2D eigenvalue weighted by Crippen LogP contribution is 2.15. The molecular formula is C36H74O7P+. The number of unbranched alkanes of at least 4 members (excludes halogenated alkanes) is 28. The van der Waals surface area contributed by atoms with E-state index in [2.05, 4.69) is 13.8 Å². The van der Waals surface area contributed by atoms with Gasteiger partial charge in [-0.1, -0.05) is 194 Å². The van der Waals surface area contributed by atoms with Crippen LogP contribution < -0.4 is 0 Å². The molecule has 0 aromatic rings. The first-order valence-electron chi connectivity index (χ1n) is 18.6. The van der Waals surface area contributed by atoms with Crippen molar-refractivity contribution in [3.05, 3.63) is 0 Å². The quantitative estimate of drug-likeness (QED) is 0.0421. The van der Waals surface area contributed by atoms with E-state index in [1.165, 1.54) is 167 Å².